The lowest BCUT2D eigenvalue weighted by Crippen LogP contribution is -2.17. The molecule has 1 aliphatic carbocycles. The first kappa shape index (κ1) is 14.0. The second-order valence-corrected chi connectivity index (χ2v) is 5.62. The van der Waals surface area contributed by atoms with Crippen LogP contribution in [-0.4, -0.2) is 6.04 Å². The Morgan fingerprint density at radius 1 is 1.10 bits per heavy atom. The van der Waals surface area contributed by atoms with Gasteiger partial charge < -0.3 is 5.32 Å². The maximum atomic E-state index is 12.9. The van der Waals surface area contributed by atoms with Crippen molar-refractivity contribution in [1.82, 2.24) is 5.32 Å². The Morgan fingerprint density at radius 3 is 2.48 bits per heavy atom. The summed E-state index contributed by atoms with van der Waals surface area (Å²) in [4.78, 5) is 0. The van der Waals surface area contributed by atoms with E-state index in [0.29, 0.717) is 12.0 Å². The highest BCUT2D eigenvalue weighted by atomic mass is 19.1. The van der Waals surface area contributed by atoms with Crippen molar-refractivity contribution in [2.24, 2.45) is 0 Å². The Bertz CT molecular complexity index is 613. The summed E-state index contributed by atoms with van der Waals surface area (Å²) in [6, 6.07) is 16.0. The van der Waals surface area contributed by atoms with Gasteiger partial charge in [-0.15, -0.1) is 0 Å². The number of benzene rings is 2. The number of hydrogen-bond donors (Lipinski definition) is 1. The highest BCUT2D eigenvalue weighted by molar-refractivity contribution is 5.49. The molecule has 0 aliphatic heterocycles. The fourth-order valence-electron chi connectivity index (χ4n) is 2.69. The van der Waals surface area contributed by atoms with Crippen LogP contribution in [0.4, 0.5) is 4.39 Å². The fraction of sp³-hybridized carbons (Fsp3) is 0.263. The molecule has 0 amide bonds. The second-order valence-electron chi connectivity index (χ2n) is 5.62. The SMILES string of the molecule is C/C=C/c1ccc(CNC2CC2c2ccc(F)cc2)cc1. The van der Waals surface area contributed by atoms with E-state index in [4.69, 9.17) is 0 Å². The van der Waals surface area contributed by atoms with Crippen LogP contribution in [0.3, 0.4) is 0 Å². The van der Waals surface area contributed by atoms with Gasteiger partial charge in [-0.3, -0.25) is 0 Å². The Morgan fingerprint density at radius 2 is 1.81 bits per heavy atom. The maximum absolute atomic E-state index is 12.9. The molecule has 2 aromatic carbocycles. The van der Waals surface area contributed by atoms with Crippen molar-refractivity contribution in [3.63, 3.8) is 0 Å². The van der Waals surface area contributed by atoms with Gasteiger partial charge in [-0.2, -0.15) is 0 Å². The molecule has 1 saturated carbocycles. The quantitative estimate of drug-likeness (QED) is 0.850. The third kappa shape index (κ3) is 3.59. The molecular formula is C19H20FN. The summed E-state index contributed by atoms with van der Waals surface area (Å²) in [6.45, 7) is 2.91. The predicted molar refractivity (Wildman–Crippen MR) is 85.5 cm³/mol. The number of allylic oxidation sites excluding steroid dienone is 1. The molecule has 2 aromatic rings. The molecule has 0 spiro atoms. The van der Waals surface area contributed by atoms with Crippen LogP contribution in [0.1, 0.15) is 36.0 Å². The average molecular weight is 281 g/mol. The molecule has 0 heterocycles. The van der Waals surface area contributed by atoms with Crippen molar-refractivity contribution in [1.29, 1.82) is 0 Å². The molecule has 3 rings (SSSR count). The molecule has 1 N–H and O–H groups in total. The first-order valence-electron chi connectivity index (χ1n) is 7.47. The highest BCUT2D eigenvalue weighted by Gasteiger charge is 2.37. The zero-order valence-electron chi connectivity index (χ0n) is 12.2. The lowest BCUT2D eigenvalue weighted by Gasteiger charge is -2.05. The number of hydrogen-bond acceptors (Lipinski definition) is 1. The van der Waals surface area contributed by atoms with E-state index < -0.39 is 0 Å². The zero-order valence-corrected chi connectivity index (χ0v) is 12.2. The molecule has 2 atom stereocenters. The smallest absolute Gasteiger partial charge is 0.123 e. The summed E-state index contributed by atoms with van der Waals surface area (Å²) >= 11 is 0. The third-order valence-electron chi connectivity index (χ3n) is 4.00. The zero-order chi connectivity index (χ0) is 14.7. The molecular weight excluding hydrogens is 261 g/mol. The van der Waals surface area contributed by atoms with Gasteiger partial charge in [-0.05, 0) is 42.2 Å². The Labute approximate surface area is 125 Å². The topological polar surface area (TPSA) is 12.0 Å². The molecule has 0 bridgehead atoms. The summed E-state index contributed by atoms with van der Waals surface area (Å²) in [5, 5.41) is 3.58. The second kappa shape index (κ2) is 6.23. The van der Waals surface area contributed by atoms with Gasteiger partial charge in [0, 0.05) is 18.5 Å². The van der Waals surface area contributed by atoms with Crippen LogP contribution in [0.2, 0.25) is 0 Å². The highest BCUT2D eigenvalue weighted by Crippen LogP contribution is 2.40. The molecule has 0 saturated heterocycles. The molecule has 1 fully saturated rings. The summed E-state index contributed by atoms with van der Waals surface area (Å²) in [7, 11) is 0. The van der Waals surface area contributed by atoms with E-state index in [1.807, 2.05) is 25.1 Å². The number of halogens is 1. The van der Waals surface area contributed by atoms with Crippen LogP contribution in [0.25, 0.3) is 6.08 Å². The van der Waals surface area contributed by atoms with Crippen molar-refractivity contribution in [2.75, 3.05) is 0 Å². The molecule has 0 radical (unpaired) electrons. The van der Waals surface area contributed by atoms with Gasteiger partial charge in [0.25, 0.3) is 0 Å². The normalized spacial score (nSPS) is 20.9. The molecule has 2 heteroatoms. The minimum Gasteiger partial charge on any atom is -0.309 e. The van der Waals surface area contributed by atoms with Gasteiger partial charge in [0.15, 0.2) is 0 Å². The van der Waals surface area contributed by atoms with Crippen molar-refractivity contribution < 1.29 is 4.39 Å². The van der Waals surface area contributed by atoms with E-state index in [2.05, 4.69) is 35.7 Å². The third-order valence-corrected chi connectivity index (χ3v) is 4.00. The van der Waals surface area contributed by atoms with E-state index in [1.165, 1.54) is 16.7 Å². The van der Waals surface area contributed by atoms with Crippen molar-refractivity contribution in [3.8, 4) is 0 Å². The van der Waals surface area contributed by atoms with E-state index in [0.717, 1.165) is 13.0 Å². The van der Waals surface area contributed by atoms with Gasteiger partial charge in [-0.25, -0.2) is 4.39 Å². The van der Waals surface area contributed by atoms with Crippen molar-refractivity contribution >= 4 is 6.08 Å². The number of nitrogens with one attached hydrogen (secondary N) is 1. The Hall–Kier alpha value is -1.93. The molecule has 1 aliphatic rings. The molecule has 0 aromatic heterocycles. The monoisotopic (exact) mass is 281 g/mol. The van der Waals surface area contributed by atoms with Gasteiger partial charge in [0.1, 0.15) is 5.82 Å². The van der Waals surface area contributed by atoms with E-state index in [9.17, 15) is 4.39 Å². The van der Waals surface area contributed by atoms with E-state index in [1.54, 1.807) is 12.1 Å². The summed E-state index contributed by atoms with van der Waals surface area (Å²) in [5.41, 5.74) is 3.77. The molecule has 2 unspecified atom stereocenters. The van der Waals surface area contributed by atoms with Crippen molar-refractivity contribution in [2.45, 2.75) is 31.8 Å². The molecule has 1 nitrogen and oxygen atoms in total. The van der Waals surface area contributed by atoms with Gasteiger partial charge in [0.2, 0.25) is 0 Å². The first-order valence-corrected chi connectivity index (χ1v) is 7.47. The van der Waals surface area contributed by atoms with E-state index >= 15 is 0 Å². The minimum atomic E-state index is -0.162. The maximum Gasteiger partial charge on any atom is 0.123 e. The van der Waals surface area contributed by atoms with Gasteiger partial charge in [-0.1, -0.05) is 48.6 Å². The Kier molecular flexibility index (Phi) is 4.16. The van der Waals surface area contributed by atoms with Crippen LogP contribution in [-0.2, 0) is 6.54 Å². The summed E-state index contributed by atoms with van der Waals surface area (Å²) < 4.78 is 12.9. The summed E-state index contributed by atoms with van der Waals surface area (Å²) in [6.07, 6.45) is 5.29. The first-order chi connectivity index (χ1) is 10.3. The van der Waals surface area contributed by atoms with Gasteiger partial charge in [0.05, 0.1) is 0 Å². The van der Waals surface area contributed by atoms with Crippen LogP contribution < -0.4 is 5.32 Å². The van der Waals surface area contributed by atoms with Crippen LogP contribution in [0, 0.1) is 5.82 Å². The average Bonchev–Trinajstić information content (AvgIpc) is 3.27. The molecule has 21 heavy (non-hydrogen) atoms. The minimum absolute atomic E-state index is 0.162. The number of rotatable bonds is 5. The largest absolute Gasteiger partial charge is 0.309 e. The van der Waals surface area contributed by atoms with Crippen LogP contribution in [0.5, 0.6) is 0 Å². The lowest BCUT2D eigenvalue weighted by molar-refractivity contribution is 0.626. The van der Waals surface area contributed by atoms with E-state index in [-0.39, 0.29) is 5.82 Å². The fourth-order valence-corrected chi connectivity index (χ4v) is 2.69. The predicted octanol–water partition coefficient (Wildman–Crippen LogP) is 4.50. The summed E-state index contributed by atoms with van der Waals surface area (Å²) in [5.74, 6) is 0.373. The molecule has 108 valence electrons. The van der Waals surface area contributed by atoms with Crippen LogP contribution in [0.15, 0.2) is 54.6 Å². The van der Waals surface area contributed by atoms with Crippen molar-refractivity contribution in [3.05, 3.63) is 77.1 Å². The lowest BCUT2D eigenvalue weighted by atomic mass is 10.1. The standard InChI is InChI=1S/C19H20FN/c1-2-3-14-4-6-15(7-5-14)13-21-19-12-18(19)16-8-10-17(20)11-9-16/h2-11,18-19,21H,12-13H2,1H3/b3-2+. The van der Waals surface area contributed by atoms with Gasteiger partial charge >= 0.3 is 0 Å². The van der Waals surface area contributed by atoms with Crippen LogP contribution >= 0.6 is 0 Å². The Balaban J connectivity index is 1.51.